The Kier molecular flexibility index (Phi) is 4.06. The number of hydrogen-bond acceptors (Lipinski definition) is 5. The summed E-state index contributed by atoms with van der Waals surface area (Å²) in [5.74, 6) is -2.57. The van der Waals surface area contributed by atoms with Crippen LogP contribution in [0.1, 0.15) is 48.4 Å². The van der Waals surface area contributed by atoms with Crippen LogP contribution in [0.5, 0.6) is 0 Å². The minimum atomic E-state index is -1.31. The van der Waals surface area contributed by atoms with E-state index in [0.29, 0.717) is 5.69 Å². The van der Waals surface area contributed by atoms with Gasteiger partial charge in [0, 0.05) is 17.8 Å². The molecule has 1 N–H and O–H groups in total. The Morgan fingerprint density at radius 1 is 0.960 bits per heavy atom. The van der Waals surface area contributed by atoms with Gasteiger partial charge in [0.2, 0.25) is 0 Å². The van der Waals surface area contributed by atoms with Gasteiger partial charge in [-0.05, 0) is 42.8 Å². The Balaban J connectivity index is 1.82. The number of aromatic carboxylic acids is 1. The summed E-state index contributed by atoms with van der Waals surface area (Å²) in [5, 5.41) is 13.3. The predicted molar refractivity (Wildman–Crippen MR) is 86.2 cm³/mol. The first-order valence-corrected chi connectivity index (χ1v) is 7.55. The van der Waals surface area contributed by atoms with Crippen molar-refractivity contribution in [1.29, 1.82) is 0 Å². The van der Waals surface area contributed by atoms with Crippen molar-refractivity contribution >= 4 is 29.4 Å². The quantitative estimate of drug-likeness (QED) is 0.835. The van der Waals surface area contributed by atoms with E-state index in [0.717, 1.165) is 4.90 Å². The Labute approximate surface area is 142 Å². The van der Waals surface area contributed by atoms with E-state index in [4.69, 9.17) is 0 Å². The highest BCUT2D eigenvalue weighted by atomic mass is 16.4. The van der Waals surface area contributed by atoms with Gasteiger partial charge in [0.15, 0.2) is 0 Å². The number of nitrogens with zero attached hydrogens (tertiary/aromatic N) is 1. The molecule has 3 amide bonds. The van der Waals surface area contributed by atoms with E-state index in [-0.39, 0.29) is 34.7 Å². The topological polar surface area (TPSA) is 107 Å². The Morgan fingerprint density at radius 2 is 1.56 bits per heavy atom. The second-order valence-corrected chi connectivity index (χ2v) is 5.43. The summed E-state index contributed by atoms with van der Waals surface area (Å²) in [6, 6.07) is 9.81. The first-order valence-electron chi connectivity index (χ1n) is 7.55. The van der Waals surface area contributed by atoms with Crippen molar-refractivity contribution in [2.75, 3.05) is 11.9 Å². The van der Waals surface area contributed by atoms with E-state index in [1.165, 1.54) is 42.5 Å². The fourth-order valence-corrected chi connectivity index (χ4v) is 2.61. The average Bonchev–Trinajstić information content (AvgIpc) is 2.85. The van der Waals surface area contributed by atoms with Crippen molar-refractivity contribution in [3.05, 3.63) is 64.7 Å². The predicted octanol–water partition coefficient (Wildman–Crippen LogP) is 0.918. The molecule has 1 aliphatic heterocycles. The van der Waals surface area contributed by atoms with E-state index >= 15 is 0 Å². The second kappa shape index (κ2) is 6.20. The third-order valence-corrected chi connectivity index (χ3v) is 3.93. The molecule has 2 aromatic rings. The lowest BCUT2D eigenvalue weighted by molar-refractivity contribution is -0.255. The summed E-state index contributed by atoms with van der Waals surface area (Å²) in [7, 11) is 0. The van der Waals surface area contributed by atoms with Gasteiger partial charge in [0.05, 0.1) is 17.1 Å². The molecule has 0 saturated carbocycles. The van der Waals surface area contributed by atoms with E-state index in [1.54, 1.807) is 6.92 Å². The SMILES string of the molecule is CCN1C(=O)c2ccc(C(=O)Nc3ccc(C(=O)[O-])cc3)cc2C1=O. The monoisotopic (exact) mass is 337 g/mol. The first kappa shape index (κ1) is 16.4. The van der Waals surface area contributed by atoms with Crippen molar-refractivity contribution in [1.82, 2.24) is 4.90 Å². The normalized spacial score (nSPS) is 12.9. The number of carboxylic acids is 1. The average molecular weight is 337 g/mol. The molecular formula is C18H13N2O5-. The third kappa shape index (κ3) is 2.87. The number of carbonyl (C=O) groups is 4. The van der Waals surface area contributed by atoms with Gasteiger partial charge >= 0.3 is 0 Å². The number of carbonyl (C=O) groups excluding carboxylic acids is 4. The molecule has 0 aliphatic carbocycles. The van der Waals surface area contributed by atoms with Gasteiger partial charge < -0.3 is 15.2 Å². The summed E-state index contributed by atoms with van der Waals surface area (Å²) in [5.41, 5.74) is 1.10. The van der Waals surface area contributed by atoms with Gasteiger partial charge in [-0.3, -0.25) is 19.3 Å². The van der Waals surface area contributed by atoms with Crippen LogP contribution in [0.2, 0.25) is 0 Å². The van der Waals surface area contributed by atoms with Crippen molar-refractivity contribution in [3.63, 3.8) is 0 Å². The largest absolute Gasteiger partial charge is 0.545 e. The van der Waals surface area contributed by atoms with Crippen LogP contribution in [0.4, 0.5) is 5.69 Å². The fourth-order valence-electron chi connectivity index (χ4n) is 2.61. The summed E-state index contributed by atoms with van der Waals surface area (Å²) in [6.07, 6.45) is 0. The molecule has 7 heteroatoms. The molecule has 126 valence electrons. The minimum Gasteiger partial charge on any atom is -0.545 e. The maximum atomic E-state index is 12.3. The zero-order valence-electron chi connectivity index (χ0n) is 13.2. The molecule has 1 heterocycles. The minimum absolute atomic E-state index is 0.000652. The molecule has 0 saturated heterocycles. The molecule has 0 bridgehead atoms. The van der Waals surface area contributed by atoms with Crippen LogP contribution in [0.25, 0.3) is 0 Å². The maximum absolute atomic E-state index is 12.3. The maximum Gasteiger partial charge on any atom is 0.261 e. The summed E-state index contributed by atoms with van der Waals surface area (Å²) < 4.78 is 0. The second-order valence-electron chi connectivity index (χ2n) is 5.43. The van der Waals surface area contributed by atoms with Gasteiger partial charge in [-0.15, -0.1) is 0 Å². The molecule has 0 fully saturated rings. The van der Waals surface area contributed by atoms with Crippen molar-refractivity contribution in [2.45, 2.75) is 6.92 Å². The highest BCUT2D eigenvalue weighted by Crippen LogP contribution is 2.24. The number of amides is 3. The number of fused-ring (bicyclic) bond motifs is 1. The van der Waals surface area contributed by atoms with E-state index < -0.39 is 17.8 Å². The molecular weight excluding hydrogens is 324 g/mol. The van der Waals surface area contributed by atoms with Crippen LogP contribution in [0.15, 0.2) is 42.5 Å². The van der Waals surface area contributed by atoms with Crippen molar-refractivity contribution in [3.8, 4) is 0 Å². The summed E-state index contributed by atoms with van der Waals surface area (Å²) >= 11 is 0. The highest BCUT2D eigenvalue weighted by molar-refractivity contribution is 6.22. The van der Waals surface area contributed by atoms with Crippen LogP contribution in [0, 0.1) is 0 Å². The molecule has 7 nitrogen and oxygen atoms in total. The fraction of sp³-hybridized carbons (Fsp3) is 0.111. The lowest BCUT2D eigenvalue weighted by Gasteiger charge is -2.08. The zero-order valence-corrected chi connectivity index (χ0v) is 13.2. The Morgan fingerprint density at radius 3 is 2.16 bits per heavy atom. The van der Waals surface area contributed by atoms with E-state index in [9.17, 15) is 24.3 Å². The zero-order chi connectivity index (χ0) is 18.1. The van der Waals surface area contributed by atoms with Crippen LogP contribution >= 0.6 is 0 Å². The molecule has 0 radical (unpaired) electrons. The van der Waals surface area contributed by atoms with E-state index in [2.05, 4.69) is 5.32 Å². The van der Waals surface area contributed by atoms with Crippen molar-refractivity contribution in [2.24, 2.45) is 0 Å². The molecule has 0 aromatic heterocycles. The highest BCUT2D eigenvalue weighted by Gasteiger charge is 2.34. The number of imide groups is 1. The number of hydrogen-bond donors (Lipinski definition) is 1. The third-order valence-electron chi connectivity index (χ3n) is 3.93. The van der Waals surface area contributed by atoms with Gasteiger partial charge in [0.1, 0.15) is 0 Å². The van der Waals surface area contributed by atoms with Crippen LogP contribution in [-0.2, 0) is 0 Å². The lowest BCUT2D eigenvalue weighted by atomic mass is 10.1. The molecule has 2 aromatic carbocycles. The van der Waals surface area contributed by atoms with E-state index in [1.807, 2.05) is 0 Å². The number of nitrogens with one attached hydrogen (secondary N) is 1. The van der Waals surface area contributed by atoms with Gasteiger partial charge in [-0.25, -0.2) is 0 Å². The van der Waals surface area contributed by atoms with Crippen LogP contribution in [-0.4, -0.2) is 35.1 Å². The standard InChI is InChI=1S/C18H14N2O5/c1-2-20-16(22)13-8-5-11(9-14(13)17(20)23)15(21)19-12-6-3-10(4-7-12)18(24)25/h3-9H,2H2,1H3,(H,19,21)(H,24,25)/p-1. The molecule has 1 aliphatic rings. The Hall–Kier alpha value is -3.48. The first-order chi connectivity index (χ1) is 11.9. The molecule has 0 unspecified atom stereocenters. The van der Waals surface area contributed by atoms with Crippen LogP contribution in [0.3, 0.4) is 0 Å². The summed E-state index contributed by atoms with van der Waals surface area (Å²) in [4.78, 5) is 48.4. The number of anilines is 1. The molecule has 0 spiro atoms. The number of benzene rings is 2. The van der Waals surface area contributed by atoms with Crippen LogP contribution < -0.4 is 10.4 Å². The molecule has 3 rings (SSSR count). The smallest absolute Gasteiger partial charge is 0.261 e. The van der Waals surface area contributed by atoms with Gasteiger partial charge in [-0.1, -0.05) is 12.1 Å². The van der Waals surface area contributed by atoms with Gasteiger partial charge in [0.25, 0.3) is 17.7 Å². The van der Waals surface area contributed by atoms with Gasteiger partial charge in [-0.2, -0.15) is 0 Å². The Bertz CT molecular complexity index is 902. The number of carboxylic acid groups (broad SMARTS) is 1. The summed E-state index contributed by atoms with van der Waals surface area (Å²) in [6.45, 7) is 1.96. The number of rotatable bonds is 4. The lowest BCUT2D eigenvalue weighted by Crippen LogP contribution is -2.29. The molecule has 0 atom stereocenters. The molecule has 25 heavy (non-hydrogen) atoms. The van der Waals surface area contributed by atoms with Crippen molar-refractivity contribution < 1.29 is 24.3 Å².